The van der Waals surface area contributed by atoms with E-state index in [2.05, 4.69) is 12.2 Å². The monoisotopic (exact) mass is 298 g/mol. The molecule has 1 heterocycles. The van der Waals surface area contributed by atoms with Crippen LogP contribution in [0.5, 0.6) is 0 Å². The largest absolute Gasteiger partial charge is 0.381 e. The number of carbonyl (C=O) groups excluding carboxylic acids is 2. The number of unbranched alkanes of at least 4 members (excludes halogenated alkanes) is 1. The molecule has 0 aromatic rings. The summed E-state index contributed by atoms with van der Waals surface area (Å²) < 4.78 is 5.54. The molecule has 122 valence electrons. The molecule has 0 unspecified atom stereocenters. The highest BCUT2D eigenvalue weighted by Gasteiger charge is 2.41. The molecular formula is C16H30N2O3. The zero-order chi connectivity index (χ0) is 15.7. The lowest BCUT2D eigenvalue weighted by atomic mass is 9.91. The predicted molar refractivity (Wildman–Crippen MR) is 83.0 cm³/mol. The summed E-state index contributed by atoms with van der Waals surface area (Å²) in [6.45, 7) is 8.70. The summed E-state index contributed by atoms with van der Waals surface area (Å²) >= 11 is 0. The smallest absolute Gasteiger partial charge is 0.248 e. The lowest BCUT2D eigenvalue weighted by Gasteiger charge is -2.33. The van der Waals surface area contributed by atoms with Gasteiger partial charge < -0.3 is 15.0 Å². The van der Waals surface area contributed by atoms with Gasteiger partial charge in [0.05, 0.1) is 0 Å². The Hall–Kier alpha value is -1.10. The minimum atomic E-state index is -0.712. The lowest BCUT2D eigenvalue weighted by molar-refractivity contribution is -0.139. The molecular weight excluding hydrogens is 268 g/mol. The van der Waals surface area contributed by atoms with Gasteiger partial charge in [0.15, 0.2) is 0 Å². The highest BCUT2D eigenvalue weighted by atomic mass is 16.5. The van der Waals surface area contributed by atoms with Crippen LogP contribution < -0.4 is 5.32 Å². The summed E-state index contributed by atoms with van der Waals surface area (Å²) in [6.07, 6.45) is 4.70. The normalized spacial score (nSPS) is 18.5. The Kier molecular flexibility index (Phi) is 7.72. The molecule has 0 aliphatic carbocycles. The second-order valence-electron chi connectivity index (χ2n) is 5.70. The first kappa shape index (κ1) is 18.0. The van der Waals surface area contributed by atoms with E-state index in [1.54, 1.807) is 0 Å². The van der Waals surface area contributed by atoms with E-state index in [0.717, 1.165) is 25.9 Å². The molecule has 0 bridgehead atoms. The fourth-order valence-corrected chi connectivity index (χ4v) is 2.67. The molecule has 0 aromatic carbocycles. The molecule has 5 heteroatoms. The number of ether oxygens (including phenoxy) is 1. The van der Waals surface area contributed by atoms with Gasteiger partial charge in [-0.3, -0.25) is 9.59 Å². The van der Waals surface area contributed by atoms with Crippen molar-refractivity contribution in [3.05, 3.63) is 0 Å². The van der Waals surface area contributed by atoms with Gasteiger partial charge in [-0.2, -0.15) is 0 Å². The molecule has 0 saturated carbocycles. The molecule has 5 nitrogen and oxygen atoms in total. The molecule has 0 atom stereocenters. The molecule has 0 aromatic heterocycles. The summed E-state index contributed by atoms with van der Waals surface area (Å²) in [7, 11) is 0. The second kappa shape index (κ2) is 9.03. The van der Waals surface area contributed by atoms with Crippen molar-refractivity contribution in [1.82, 2.24) is 10.2 Å². The highest BCUT2D eigenvalue weighted by Crippen LogP contribution is 2.22. The van der Waals surface area contributed by atoms with Crippen LogP contribution in [0.25, 0.3) is 0 Å². The zero-order valence-corrected chi connectivity index (χ0v) is 13.7. The van der Waals surface area contributed by atoms with Crippen molar-refractivity contribution >= 4 is 11.8 Å². The third-order valence-corrected chi connectivity index (χ3v) is 4.25. The molecule has 1 saturated heterocycles. The minimum Gasteiger partial charge on any atom is -0.381 e. The Bertz CT molecular complexity index is 340. The summed E-state index contributed by atoms with van der Waals surface area (Å²) in [6, 6.07) is 0. The SMILES string of the molecule is CCCCOCCCN1CCC(=O)NC(CC)(CC)C1=O. The van der Waals surface area contributed by atoms with Crippen LogP contribution in [-0.4, -0.2) is 48.6 Å². The predicted octanol–water partition coefficient (Wildman–Crippen LogP) is 2.10. The van der Waals surface area contributed by atoms with Crippen LogP contribution in [0.2, 0.25) is 0 Å². The molecule has 1 aliphatic rings. The molecule has 0 radical (unpaired) electrons. The maximum Gasteiger partial charge on any atom is 0.248 e. The van der Waals surface area contributed by atoms with Crippen molar-refractivity contribution in [3.8, 4) is 0 Å². The number of nitrogens with one attached hydrogen (secondary N) is 1. The molecule has 1 N–H and O–H groups in total. The number of carbonyl (C=O) groups is 2. The number of amides is 2. The van der Waals surface area contributed by atoms with E-state index in [1.807, 2.05) is 18.7 Å². The van der Waals surface area contributed by atoms with Crippen molar-refractivity contribution in [1.29, 1.82) is 0 Å². The molecule has 21 heavy (non-hydrogen) atoms. The van der Waals surface area contributed by atoms with Crippen molar-refractivity contribution in [3.63, 3.8) is 0 Å². The third kappa shape index (κ3) is 4.99. The van der Waals surface area contributed by atoms with Crippen LogP contribution in [0.3, 0.4) is 0 Å². The topological polar surface area (TPSA) is 58.6 Å². The van der Waals surface area contributed by atoms with E-state index >= 15 is 0 Å². The zero-order valence-electron chi connectivity index (χ0n) is 13.7. The number of hydrogen-bond donors (Lipinski definition) is 1. The van der Waals surface area contributed by atoms with Crippen LogP contribution in [0.4, 0.5) is 0 Å². The quantitative estimate of drug-likeness (QED) is 0.663. The second-order valence-corrected chi connectivity index (χ2v) is 5.70. The summed E-state index contributed by atoms with van der Waals surface area (Å²) in [5.74, 6) is 0.0423. The average molecular weight is 298 g/mol. The molecule has 1 aliphatic heterocycles. The van der Waals surface area contributed by atoms with E-state index in [9.17, 15) is 9.59 Å². The van der Waals surface area contributed by atoms with Crippen LogP contribution in [0.15, 0.2) is 0 Å². The Morgan fingerprint density at radius 3 is 2.43 bits per heavy atom. The first-order valence-electron chi connectivity index (χ1n) is 8.27. The molecule has 0 spiro atoms. The summed E-state index contributed by atoms with van der Waals surface area (Å²) in [5, 5.41) is 2.93. The lowest BCUT2D eigenvalue weighted by Crippen LogP contribution is -2.56. The Balaban J connectivity index is 2.52. The van der Waals surface area contributed by atoms with E-state index < -0.39 is 5.54 Å². The van der Waals surface area contributed by atoms with Gasteiger partial charge in [-0.1, -0.05) is 27.2 Å². The van der Waals surface area contributed by atoms with Gasteiger partial charge in [0.1, 0.15) is 5.54 Å². The van der Waals surface area contributed by atoms with Gasteiger partial charge in [0.25, 0.3) is 0 Å². The standard InChI is InChI=1S/C16H30N2O3/c1-4-7-12-21-13-8-10-18-11-9-14(19)17-16(5-2,6-3)15(18)20/h4-13H2,1-3H3,(H,17,19). The maximum atomic E-state index is 12.7. The average Bonchev–Trinajstić information content (AvgIpc) is 2.61. The van der Waals surface area contributed by atoms with Gasteiger partial charge in [0, 0.05) is 32.7 Å². The Labute approximate surface area is 128 Å². The molecule has 2 amide bonds. The van der Waals surface area contributed by atoms with E-state index in [0.29, 0.717) is 39.0 Å². The highest BCUT2D eigenvalue weighted by molar-refractivity contribution is 5.93. The number of hydrogen-bond acceptors (Lipinski definition) is 3. The molecule has 1 rings (SSSR count). The van der Waals surface area contributed by atoms with Crippen molar-refractivity contribution in [2.24, 2.45) is 0 Å². The summed E-state index contributed by atoms with van der Waals surface area (Å²) in [4.78, 5) is 26.4. The summed E-state index contributed by atoms with van der Waals surface area (Å²) in [5.41, 5.74) is -0.712. The third-order valence-electron chi connectivity index (χ3n) is 4.25. The Morgan fingerprint density at radius 1 is 1.14 bits per heavy atom. The van der Waals surface area contributed by atoms with E-state index in [4.69, 9.17) is 4.74 Å². The van der Waals surface area contributed by atoms with Gasteiger partial charge >= 0.3 is 0 Å². The first-order chi connectivity index (χ1) is 10.1. The minimum absolute atomic E-state index is 0.0197. The maximum absolute atomic E-state index is 12.7. The number of nitrogens with zero attached hydrogens (tertiary/aromatic N) is 1. The fraction of sp³-hybridized carbons (Fsp3) is 0.875. The van der Waals surface area contributed by atoms with Gasteiger partial charge in [-0.15, -0.1) is 0 Å². The van der Waals surface area contributed by atoms with Crippen LogP contribution >= 0.6 is 0 Å². The van der Waals surface area contributed by atoms with Gasteiger partial charge in [-0.25, -0.2) is 0 Å². The van der Waals surface area contributed by atoms with E-state index in [1.165, 1.54) is 0 Å². The van der Waals surface area contributed by atoms with Crippen LogP contribution in [0.1, 0.15) is 59.3 Å². The van der Waals surface area contributed by atoms with Crippen molar-refractivity contribution in [2.75, 3.05) is 26.3 Å². The first-order valence-corrected chi connectivity index (χ1v) is 8.27. The Morgan fingerprint density at radius 2 is 1.81 bits per heavy atom. The van der Waals surface area contributed by atoms with Crippen molar-refractivity contribution < 1.29 is 14.3 Å². The van der Waals surface area contributed by atoms with Gasteiger partial charge in [0.2, 0.25) is 11.8 Å². The van der Waals surface area contributed by atoms with Gasteiger partial charge in [-0.05, 0) is 25.7 Å². The van der Waals surface area contributed by atoms with Crippen molar-refractivity contribution in [2.45, 2.75) is 64.8 Å². The fourth-order valence-electron chi connectivity index (χ4n) is 2.67. The van der Waals surface area contributed by atoms with Crippen LogP contribution in [-0.2, 0) is 14.3 Å². The van der Waals surface area contributed by atoms with Crippen LogP contribution in [0, 0.1) is 0 Å². The van der Waals surface area contributed by atoms with E-state index in [-0.39, 0.29) is 11.8 Å². The number of rotatable bonds is 9. The molecule has 1 fully saturated rings.